The van der Waals surface area contributed by atoms with Gasteiger partial charge in [0.1, 0.15) is 5.69 Å². The number of H-pyrrole nitrogens is 1. The molecule has 2 rings (SSSR count). The summed E-state index contributed by atoms with van der Waals surface area (Å²) in [4.78, 5) is 25.4. The third-order valence-electron chi connectivity index (χ3n) is 2.58. The van der Waals surface area contributed by atoms with Crippen LogP contribution in [-0.2, 0) is 4.74 Å². The van der Waals surface area contributed by atoms with E-state index in [1.165, 1.54) is 7.11 Å². The fourth-order valence-electron chi connectivity index (χ4n) is 1.84. The fourth-order valence-corrected chi connectivity index (χ4v) is 1.84. The van der Waals surface area contributed by atoms with Crippen LogP contribution in [0.4, 0.5) is 0 Å². The number of carbonyl (C=O) groups is 2. The van der Waals surface area contributed by atoms with Crippen LogP contribution in [0.2, 0.25) is 0 Å². The third-order valence-corrected chi connectivity index (χ3v) is 2.58. The Morgan fingerprint density at radius 3 is 2.81 bits per heavy atom. The van der Waals surface area contributed by atoms with E-state index in [2.05, 4.69) is 9.72 Å². The molecule has 1 heterocycles. The quantitative estimate of drug-likeness (QED) is 0.618. The molecule has 4 heteroatoms. The van der Waals surface area contributed by atoms with Gasteiger partial charge in [0.15, 0.2) is 6.29 Å². The second-order valence-corrected chi connectivity index (χ2v) is 3.52. The fraction of sp³-hybridized carbons (Fsp3) is 0.167. The van der Waals surface area contributed by atoms with Crippen molar-refractivity contribution in [2.24, 2.45) is 0 Å². The minimum Gasteiger partial charge on any atom is -0.464 e. The Bertz CT molecular complexity index is 569. The van der Waals surface area contributed by atoms with E-state index in [4.69, 9.17) is 0 Å². The first-order chi connectivity index (χ1) is 7.69. The van der Waals surface area contributed by atoms with Gasteiger partial charge in [-0.25, -0.2) is 4.79 Å². The summed E-state index contributed by atoms with van der Waals surface area (Å²) in [6, 6.07) is 5.58. The van der Waals surface area contributed by atoms with Gasteiger partial charge in [0.25, 0.3) is 0 Å². The normalized spacial score (nSPS) is 10.4. The zero-order valence-corrected chi connectivity index (χ0v) is 9.03. The van der Waals surface area contributed by atoms with Gasteiger partial charge in [-0.15, -0.1) is 0 Å². The van der Waals surface area contributed by atoms with Gasteiger partial charge in [-0.1, -0.05) is 12.1 Å². The lowest BCUT2D eigenvalue weighted by molar-refractivity contribution is 0.0593. The van der Waals surface area contributed by atoms with Gasteiger partial charge in [-0.05, 0) is 18.6 Å². The molecule has 1 aromatic carbocycles. The summed E-state index contributed by atoms with van der Waals surface area (Å²) in [5.41, 5.74) is 2.29. The SMILES string of the molecule is COC(=O)c1[nH]c2cccc(C)c2c1C=O. The average Bonchev–Trinajstić information content (AvgIpc) is 2.68. The lowest BCUT2D eigenvalue weighted by Crippen LogP contribution is -2.04. The second-order valence-electron chi connectivity index (χ2n) is 3.52. The molecule has 2 aromatic rings. The number of aryl methyl sites for hydroxylation is 1. The number of rotatable bonds is 2. The standard InChI is InChI=1S/C12H11NO3/c1-7-4-3-5-9-10(7)8(6-14)11(13-9)12(15)16-2/h3-6,13H,1-2H3. The molecule has 82 valence electrons. The molecule has 0 saturated carbocycles. The van der Waals surface area contributed by atoms with E-state index in [0.29, 0.717) is 11.8 Å². The van der Waals surface area contributed by atoms with Gasteiger partial charge in [-0.2, -0.15) is 0 Å². The predicted molar refractivity (Wildman–Crippen MR) is 59.8 cm³/mol. The Hall–Kier alpha value is -2.10. The van der Waals surface area contributed by atoms with E-state index >= 15 is 0 Å². The highest BCUT2D eigenvalue weighted by atomic mass is 16.5. The molecule has 0 aliphatic heterocycles. The molecule has 0 saturated heterocycles. The number of methoxy groups -OCH3 is 1. The molecule has 0 aliphatic carbocycles. The van der Waals surface area contributed by atoms with Crippen molar-refractivity contribution in [1.82, 2.24) is 4.98 Å². The van der Waals surface area contributed by atoms with Gasteiger partial charge in [0.2, 0.25) is 0 Å². The van der Waals surface area contributed by atoms with Crippen LogP contribution < -0.4 is 0 Å². The number of carbonyl (C=O) groups excluding carboxylic acids is 2. The maximum Gasteiger partial charge on any atom is 0.355 e. The number of fused-ring (bicyclic) bond motifs is 1. The highest BCUT2D eigenvalue weighted by Crippen LogP contribution is 2.24. The summed E-state index contributed by atoms with van der Waals surface area (Å²) < 4.78 is 4.62. The van der Waals surface area contributed by atoms with Crippen LogP contribution in [0.15, 0.2) is 18.2 Å². The number of esters is 1. The number of aromatic amines is 1. The first-order valence-corrected chi connectivity index (χ1v) is 4.83. The maximum atomic E-state index is 11.5. The first kappa shape index (κ1) is 10.4. The van der Waals surface area contributed by atoms with Crippen molar-refractivity contribution in [3.8, 4) is 0 Å². The van der Waals surface area contributed by atoms with Crippen molar-refractivity contribution in [3.63, 3.8) is 0 Å². The number of aldehydes is 1. The molecule has 16 heavy (non-hydrogen) atoms. The topological polar surface area (TPSA) is 59.2 Å². The molecule has 0 aliphatic rings. The largest absolute Gasteiger partial charge is 0.464 e. The number of ether oxygens (including phenoxy) is 1. The van der Waals surface area contributed by atoms with Crippen molar-refractivity contribution in [1.29, 1.82) is 0 Å². The highest BCUT2D eigenvalue weighted by Gasteiger charge is 2.18. The van der Waals surface area contributed by atoms with Crippen LogP contribution in [0, 0.1) is 6.92 Å². The van der Waals surface area contributed by atoms with Gasteiger partial charge in [0, 0.05) is 10.9 Å². The summed E-state index contributed by atoms with van der Waals surface area (Å²) in [7, 11) is 1.29. The molecule has 0 amide bonds. The molecule has 0 unspecified atom stereocenters. The summed E-state index contributed by atoms with van der Waals surface area (Å²) in [5, 5.41) is 0.776. The summed E-state index contributed by atoms with van der Waals surface area (Å²) in [6.45, 7) is 1.89. The van der Waals surface area contributed by atoms with Gasteiger partial charge in [0.05, 0.1) is 12.7 Å². The van der Waals surface area contributed by atoms with Crippen LogP contribution in [0.25, 0.3) is 10.9 Å². The first-order valence-electron chi connectivity index (χ1n) is 4.83. The van der Waals surface area contributed by atoms with E-state index in [-0.39, 0.29) is 5.69 Å². The molecule has 0 atom stereocenters. The Morgan fingerprint density at radius 1 is 1.44 bits per heavy atom. The van der Waals surface area contributed by atoms with Crippen molar-refractivity contribution in [3.05, 3.63) is 35.0 Å². The van der Waals surface area contributed by atoms with Crippen LogP contribution in [0.1, 0.15) is 26.4 Å². The predicted octanol–water partition coefficient (Wildman–Crippen LogP) is 2.08. The van der Waals surface area contributed by atoms with E-state index in [1.807, 2.05) is 25.1 Å². The van der Waals surface area contributed by atoms with Crippen molar-refractivity contribution < 1.29 is 14.3 Å². The van der Waals surface area contributed by atoms with E-state index in [9.17, 15) is 9.59 Å². The van der Waals surface area contributed by atoms with E-state index < -0.39 is 5.97 Å². The molecule has 4 nitrogen and oxygen atoms in total. The molecular weight excluding hydrogens is 206 g/mol. The minimum atomic E-state index is -0.530. The molecular formula is C12H11NO3. The Kier molecular flexibility index (Phi) is 2.48. The zero-order chi connectivity index (χ0) is 11.7. The van der Waals surface area contributed by atoms with Crippen LogP contribution in [0.3, 0.4) is 0 Å². The van der Waals surface area contributed by atoms with Crippen LogP contribution in [-0.4, -0.2) is 24.3 Å². The van der Waals surface area contributed by atoms with Crippen molar-refractivity contribution in [2.45, 2.75) is 6.92 Å². The average molecular weight is 217 g/mol. The van der Waals surface area contributed by atoms with Crippen molar-refractivity contribution in [2.75, 3.05) is 7.11 Å². The summed E-state index contributed by atoms with van der Waals surface area (Å²) in [6.07, 6.45) is 0.679. The lowest BCUT2D eigenvalue weighted by atomic mass is 10.1. The minimum absolute atomic E-state index is 0.210. The molecule has 0 fully saturated rings. The molecule has 1 aromatic heterocycles. The highest BCUT2D eigenvalue weighted by molar-refractivity contribution is 6.09. The number of nitrogens with one attached hydrogen (secondary N) is 1. The monoisotopic (exact) mass is 217 g/mol. The maximum absolute atomic E-state index is 11.5. The van der Waals surface area contributed by atoms with E-state index in [0.717, 1.165) is 16.5 Å². The molecule has 1 N–H and O–H groups in total. The van der Waals surface area contributed by atoms with Crippen LogP contribution >= 0.6 is 0 Å². The molecule has 0 spiro atoms. The number of aromatic nitrogens is 1. The lowest BCUT2D eigenvalue weighted by Gasteiger charge is -1.97. The summed E-state index contributed by atoms with van der Waals surface area (Å²) in [5.74, 6) is -0.530. The second kappa shape index (κ2) is 3.81. The van der Waals surface area contributed by atoms with Crippen LogP contribution in [0.5, 0.6) is 0 Å². The Morgan fingerprint density at radius 2 is 2.19 bits per heavy atom. The number of benzene rings is 1. The smallest absolute Gasteiger partial charge is 0.355 e. The van der Waals surface area contributed by atoms with E-state index in [1.54, 1.807) is 0 Å². The Labute approximate surface area is 92.2 Å². The molecule has 0 bridgehead atoms. The van der Waals surface area contributed by atoms with Gasteiger partial charge >= 0.3 is 5.97 Å². The number of hydrogen-bond donors (Lipinski definition) is 1. The summed E-state index contributed by atoms with van der Waals surface area (Å²) >= 11 is 0. The zero-order valence-electron chi connectivity index (χ0n) is 9.03. The van der Waals surface area contributed by atoms with Crippen molar-refractivity contribution >= 4 is 23.2 Å². The Balaban J connectivity index is 2.82. The third kappa shape index (κ3) is 1.39. The molecule has 0 radical (unpaired) electrons. The van der Waals surface area contributed by atoms with Gasteiger partial charge < -0.3 is 9.72 Å². The van der Waals surface area contributed by atoms with Gasteiger partial charge in [-0.3, -0.25) is 4.79 Å². The number of hydrogen-bond acceptors (Lipinski definition) is 3.